The highest BCUT2D eigenvalue weighted by atomic mass is 32.2. The van der Waals surface area contributed by atoms with Gasteiger partial charge in [0.2, 0.25) is 0 Å². The Hall–Kier alpha value is -2.61. The lowest BCUT2D eigenvalue weighted by atomic mass is 10.1. The number of benzene rings is 2. The number of hydrogen-bond donors (Lipinski definition) is 1. The summed E-state index contributed by atoms with van der Waals surface area (Å²) in [6.45, 7) is 0. The molecule has 0 aliphatic carbocycles. The molecule has 0 aliphatic rings. The van der Waals surface area contributed by atoms with Gasteiger partial charge in [-0.05, 0) is 65.3 Å². The predicted octanol–water partition coefficient (Wildman–Crippen LogP) is 5.31. The SMILES string of the molecule is C[S+]([O-])c1ccc(CSc2nc(-c3ccncc3)c(-c3ccc(F)cc3)[nH]2)cc1. The predicted molar refractivity (Wildman–Crippen MR) is 116 cm³/mol. The van der Waals surface area contributed by atoms with Crippen molar-refractivity contribution in [2.24, 2.45) is 0 Å². The van der Waals surface area contributed by atoms with E-state index in [2.05, 4.69) is 9.97 Å². The third kappa shape index (κ3) is 4.70. The minimum Gasteiger partial charge on any atom is -0.612 e. The molecular weight excluding hydrogens is 405 g/mol. The molecule has 2 aromatic heterocycles. The fraction of sp³-hybridized carbons (Fsp3) is 0.0909. The first-order valence-electron chi connectivity index (χ1n) is 8.91. The molecule has 1 N–H and O–H groups in total. The van der Waals surface area contributed by atoms with Gasteiger partial charge in [-0.1, -0.05) is 23.9 Å². The van der Waals surface area contributed by atoms with E-state index in [0.717, 1.165) is 43.9 Å². The Morgan fingerprint density at radius 1 is 0.966 bits per heavy atom. The molecular formula is C22H18FN3OS2. The van der Waals surface area contributed by atoms with Crippen LogP contribution >= 0.6 is 11.8 Å². The first kappa shape index (κ1) is 19.7. The van der Waals surface area contributed by atoms with Crippen LogP contribution in [0.1, 0.15) is 5.56 Å². The van der Waals surface area contributed by atoms with Crippen LogP contribution in [-0.4, -0.2) is 25.8 Å². The maximum absolute atomic E-state index is 13.4. The highest BCUT2D eigenvalue weighted by Crippen LogP contribution is 2.33. The summed E-state index contributed by atoms with van der Waals surface area (Å²) in [4.78, 5) is 13.0. The smallest absolute Gasteiger partial charge is 0.166 e. The maximum atomic E-state index is 13.4. The Labute approximate surface area is 175 Å². The fourth-order valence-electron chi connectivity index (χ4n) is 2.89. The van der Waals surface area contributed by atoms with Gasteiger partial charge in [0, 0.05) is 29.3 Å². The Morgan fingerprint density at radius 3 is 2.31 bits per heavy atom. The minimum atomic E-state index is -0.978. The van der Waals surface area contributed by atoms with Crippen molar-refractivity contribution in [3.8, 4) is 22.5 Å². The third-order valence-corrected chi connectivity index (χ3v) is 6.28. The molecule has 146 valence electrons. The van der Waals surface area contributed by atoms with Crippen LogP contribution in [0.4, 0.5) is 4.39 Å². The second kappa shape index (κ2) is 8.82. The number of halogens is 1. The maximum Gasteiger partial charge on any atom is 0.166 e. The summed E-state index contributed by atoms with van der Waals surface area (Å²) in [5, 5.41) is 0.777. The van der Waals surface area contributed by atoms with Crippen LogP contribution in [-0.2, 0) is 16.9 Å². The van der Waals surface area contributed by atoms with Gasteiger partial charge >= 0.3 is 0 Å². The standard InChI is InChI=1S/C22H18FN3OS2/c1-29(27)19-8-2-15(3-9-19)14-28-22-25-20(16-4-6-18(23)7-5-16)21(26-22)17-10-12-24-13-11-17/h2-13H,14H2,1H3,(H,25,26). The lowest BCUT2D eigenvalue weighted by Gasteiger charge is -2.05. The van der Waals surface area contributed by atoms with Crippen LogP contribution in [0, 0.1) is 5.82 Å². The number of thioether (sulfide) groups is 1. The van der Waals surface area contributed by atoms with Crippen LogP contribution in [0.3, 0.4) is 0 Å². The molecule has 0 fully saturated rings. The number of hydrogen-bond acceptors (Lipinski definition) is 4. The van der Waals surface area contributed by atoms with Crippen molar-refractivity contribution in [3.63, 3.8) is 0 Å². The molecule has 1 atom stereocenters. The number of nitrogens with zero attached hydrogens (tertiary/aromatic N) is 2. The summed E-state index contributed by atoms with van der Waals surface area (Å²) in [7, 11) is 0. The molecule has 0 radical (unpaired) electrons. The van der Waals surface area contributed by atoms with E-state index >= 15 is 0 Å². The van der Waals surface area contributed by atoms with E-state index in [-0.39, 0.29) is 5.82 Å². The van der Waals surface area contributed by atoms with E-state index < -0.39 is 11.2 Å². The average Bonchev–Trinajstić information content (AvgIpc) is 3.18. The molecule has 7 heteroatoms. The molecule has 29 heavy (non-hydrogen) atoms. The monoisotopic (exact) mass is 423 g/mol. The van der Waals surface area contributed by atoms with E-state index in [9.17, 15) is 8.94 Å². The zero-order valence-electron chi connectivity index (χ0n) is 15.6. The minimum absolute atomic E-state index is 0.273. The summed E-state index contributed by atoms with van der Waals surface area (Å²) in [6, 6.07) is 17.9. The second-order valence-electron chi connectivity index (χ2n) is 6.40. The van der Waals surface area contributed by atoms with Crippen molar-refractivity contribution >= 4 is 22.9 Å². The van der Waals surface area contributed by atoms with E-state index in [1.165, 1.54) is 12.1 Å². The Balaban J connectivity index is 1.61. The van der Waals surface area contributed by atoms with Crippen LogP contribution in [0.5, 0.6) is 0 Å². The number of aromatic nitrogens is 3. The van der Waals surface area contributed by atoms with Crippen LogP contribution in [0.15, 0.2) is 83.1 Å². The van der Waals surface area contributed by atoms with Gasteiger partial charge in [0.25, 0.3) is 0 Å². The van der Waals surface area contributed by atoms with Crippen LogP contribution in [0.25, 0.3) is 22.5 Å². The molecule has 2 aromatic carbocycles. The number of nitrogens with one attached hydrogen (secondary N) is 1. The Morgan fingerprint density at radius 2 is 1.66 bits per heavy atom. The van der Waals surface area contributed by atoms with Crippen molar-refractivity contribution in [2.45, 2.75) is 15.8 Å². The van der Waals surface area contributed by atoms with E-state index in [1.54, 1.807) is 42.5 Å². The molecule has 4 aromatic rings. The van der Waals surface area contributed by atoms with Gasteiger partial charge in [-0.25, -0.2) is 9.37 Å². The zero-order valence-corrected chi connectivity index (χ0v) is 17.3. The number of H-pyrrole nitrogens is 1. The summed E-state index contributed by atoms with van der Waals surface area (Å²) >= 11 is 0.605. The molecule has 0 spiro atoms. The molecule has 0 amide bonds. The van der Waals surface area contributed by atoms with Crippen molar-refractivity contribution in [3.05, 3.63) is 84.4 Å². The number of imidazole rings is 1. The highest BCUT2D eigenvalue weighted by Gasteiger charge is 2.15. The molecule has 0 saturated heterocycles. The van der Waals surface area contributed by atoms with E-state index in [1.807, 2.05) is 36.4 Å². The van der Waals surface area contributed by atoms with Crippen molar-refractivity contribution in [1.29, 1.82) is 0 Å². The summed E-state index contributed by atoms with van der Waals surface area (Å²) in [6.07, 6.45) is 5.12. The molecule has 4 nitrogen and oxygen atoms in total. The van der Waals surface area contributed by atoms with Gasteiger partial charge in [-0.2, -0.15) is 0 Å². The van der Waals surface area contributed by atoms with Crippen molar-refractivity contribution in [2.75, 3.05) is 6.26 Å². The van der Waals surface area contributed by atoms with Gasteiger partial charge in [-0.3, -0.25) is 4.98 Å². The molecule has 1 unspecified atom stereocenters. The van der Waals surface area contributed by atoms with Gasteiger partial charge in [-0.15, -0.1) is 0 Å². The van der Waals surface area contributed by atoms with Crippen LogP contribution < -0.4 is 0 Å². The van der Waals surface area contributed by atoms with E-state index in [4.69, 9.17) is 4.98 Å². The quantitative estimate of drug-likeness (QED) is 0.337. The topological polar surface area (TPSA) is 64.6 Å². The fourth-order valence-corrected chi connectivity index (χ4v) is 4.24. The van der Waals surface area contributed by atoms with Gasteiger partial charge in [0.05, 0.1) is 11.4 Å². The third-order valence-electron chi connectivity index (χ3n) is 4.40. The molecule has 4 rings (SSSR count). The molecule has 0 aliphatic heterocycles. The second-order valence-corrected chi connectivity index (χ2v) is 8.74. The lowest BCUT2D eigenvalue weighted by molar-refractivity contribution is 0.601. The number of aromatic amines is 1. The number of pyridine rings is 1. The first-order chi connectivity index (χ1) is 14.1. The van der Waals surface area contributed by atoms with Crippen LogP contribution in [0.2, 0.25) is 0 Å². The zero-order chi connectivity index (χ0) is 20.2. The number of rotatable bonds is 6. The summed E-state index contributed by atoms with van der Waals surface area (Å²) in [5.41, 5.74) is 4.58. The van der Waals surface area contributed by atoms with Gasteiger partial charge in [0.15, 0.2) is 10.1 Å². The largest absolute Gasteiger partial charge is 0.612 e. The Kier molecular flexibility index (Phi) is 5.99. The highest BCUT2D eigenvalue weighted by molar-refractivity contribution is 7.98. The van der Waals surface area contributed by atoms with Gasteiger partial charge in [0.1, 0.15) is 12.1 Å². The molecule has 0 bridgehead atoms. The Bertz CT molecular complexity index is 1080. The molecule has 0 saturated carbocycles. The molecule has 2 heterocycles. The average molecular weight is 424 g/mol. The van der Waals surface area contributed by atoms with Crippen molar-refractivity contribution in [1.82, 2.24) is 15.0 Å². The normalized spacial score (nSPS) is 12.1. The summed E-state index contributed by atoms with van der Waals surface area (Å²) in [5.74, 6) is 0.452. The van der Waals surface area contributed by atoms with Gasteiger partial charge < -0.3 is 9.54 Å². The first-order valence-corrected chi connectivity index (χ1v) is 11.5. The summed E-state index contributed by atoms with van der Waals surface area (Å²) < 4.78 is 24.9. The van der Waals surface area contributed by atoms with E-state index in [0.29, 0.717) is 0 Å². The lowest BCUT2D eigenvalue weighted by Crippen LogP contribution is -1.96. The van der Waals surface area contributed by atoms with Crippen molar-refractivity contribution < 1.29 is 8.94 Å².